The van der Waals surface area contributed by atoms with Gasteiger partial charge >= 0.3 is 63.3 Å². The summed E-state index contributed by atoms with van der Waals surface area (Å²) in [7, 11) is -4.85. The minimum atomic E-state index is -4.85. The van der Waals surface area contributed by atoms with Gasteiger partial charge in [0, 0.05) is 12.8 Å². The zero-order valence-corrected chi connectivity index (χ0v) is 41.3. The average molecular weight is 887 g/mol. The van der Waals surface area contributed by atoms with E-state index in [0.29, 0.717) is 12.8 Å². The Bertz CT molecular complexity index is 1140. The molecular weight excluding hydrogens is 804 g/mol. The minimum absolute atomic E-state index is 0. The van der Waals surface area contributed by atoms with Crippen molar-refractivity contribution in [3.8, 4) is 0 Å². The van der Waals surface area contributed by atoms with Gasteiger partial charge in [-0.15, -0.1) is 0 Å². The number of ether oxygens (including phenoxy) is 4. The SMILES string of the molecule is CCCCCCCC/C=C\CCCCCCCC(=O)OC(COC(=O)CCCCCCCCCCCCCCCCC)CO[C@H]1O[C@H](CS(=O)(=O)[O-])[C@@H](O)[C@H](O)[C@H]1O.[K+]. The van der Waals surface area contributed by atoms with E-state index in [1.54, 1.807) is 0 Å². The molecule has 59 heavy (non-hydrogen) atoms. The van der Waals surface area contributed by atoms with Crippen molar-refractivity contribution in [1.82, 2.24) is 0 Å². The molecule has 1 fully saturated rings. The first kappa shape index (κ1) is 59.0. The fourth-order valence-electron chi connectivity index (χ4n) is 7.20. The number of hydrogen-bond acceptors (Lipinski definition) is 12. The van der Waals surface area contributed by atoms with E-state index >= 15 is 0 Å². The standard InChI is InChI=1S/C45H84O12S.K/c1-3-5-7-9-11-13-15-17-19-21-23-25-27-29-31-33-40(46)54-35-38(36-55-45-44(50)43(49)42(48)39(57-45)37-58(51,52)53)56-41(47)34-32-30-28-26-24-22-20-18-16-14-12-10-8-6-4-2;/h18,20,38-39,42-45,48-50H,3-17,19,21-37H2,1-2H3,(H,51,52,53);/q;+1/p-1/b20-18-;/t38?,39-,42-,43+,44-,45+;/m1./s1. The monoisotopic (exact) mass is 887 g/mol. The Morgan fingerprint density at radius 2 is 1.00 bits per heavy atom. The molecule has 1 aliphatic heterocycles. The van der Waals surface area contributed by atoms with E-state index in [1.165, 1.54) is 109 Å². The summed E-state index contributed by atoms with van der Waals surface area (Å²) in [4.78, 5) is 25.4. The molecule has 0 aromatic carbocycles. The number of esters is 2. The Hall–Kier alpha value is 0.0264. The number of unbranched alkanes of at least 4 members (excludes halogenated alkanes) is 25. The van der Waals surface area contributed by atoms with Crippen LogP contribution in [0, 0.1) is 0 Å². The first-order chi connectivity index (χ1) is 28.0. The van der Waals surface area contributed by atoms with Gasteiger partial charge in [0.2, 0.25) is 0 Å². The number of carbonyl (C=O) groups excluding carboxylic acids is 2. The minimum Gasteiger partial charge on any atom is -0.748 e. The Labute approximate surface area is 401 Å². The number of carbonyl (C=O) groups is 2. The second-order valence-corrected chi connectivity index (χ2v) is 17.8. The summed E-state index contributed by atoms with van der Waals surface area (Å²) in [6.07, 6.45) is 27.9. The van der Waals surface area contributed by atoms with Crippen molar-refractivity contribution in [1.29, 1.82) is 0 Å². The maximum atomic E-state index is 12.8. The maximum absolute atomic E-state index is 12.8. The fraction of sp³-hybridized carbons (Fsp3) is 0.911. The summed E-state index contributed by atoms with van der Waals surface area (Å²) < 4.78 is 55.8. The van der Waals surface area contributed by atoms with Crippen LogP contribution in [0.4, 0.5) is 0 Å². The van der Waals surface area contributed by atoms with Crippen LogP contribution >= 0.6 is 0 Å². The Balaban J connectivity index is 0.0000336. The van der Waals surface area contributed by atoms with E-state index in [-0.39, 0.29) is 70.8 Å². The fourth-order valence-corrected chi connectivity index (χ4v) is 7.87. The quantitative estimate of drug-likeness (QED) is 0.0212. The van der Waals surface area contributed by atoms with Crippen LogP contribution in [-0.4, -0.2) is 96.0 Å². The van der Waals surface area contributed by atoms with Crippen LogP contribution in [-0.2, 0) is 38.7 Å². The van der Waals surface area contributed by atoms with E-state index in [2.05, 4.69) is 26.0 Å². The van der Waals surface area contributed by atoms with Gasteiger partial charge < -0.3 is 38.8 Å². The van der Waals surface area contributed by atoms with Crippen LogP contribution in [0.3, 0.4) is 0 Å². The molecule has 0 aliphatic carbocycles. The molecule has 1 saturated heterocycles. The molecule has 0 saturated carbocycles. The summed E-state index contributed by atoms with van der Waals surface area (Å²) >= 11 is 0. The predicted molar refractivity (Wildman–Crippen MR) is 227 cm³/mol. The number of allylic oxidation sites excluding steroid dienone is 2. The molecular formula is C45H83KO12S. The van der Waals surface area contributed by atoms with Crippen molar-refractivity contribution in [3.05, 3.63) is 12.2 Å². The smallest absolute Gasteiger partial charge is 0.748 e. The first-order valence-electron chi connectivity index (χ1n) is 23.2. The third-order valence-corrected chi connectivity index (χ3v) is 11.6. The van der Waals surface area contributed by atoms with Crippen molar-refractivity contribution in [2.45, 2.75) is 243 Å². The van der Waals surface area contributed by atoms with Gasteiger partial charge in [0.25, 0.3) is 0 Å². The van der Waals surface area contributed by atoms with E-state index < -0.39 is 71.2 Å². The Morgan fingerprint density at radius 1 is 0.593 bits per heavy atom. The molecule has 14 heteroatoms. The molecule has 0 bridgehead atoms. The molecule has 1 unspecified atom stereocenters. The van der Waals surface area contributed by atoms with Gasteiger partial charge in [0.15, 0.2) is 12.4 Å². The average Bonchev–Trinajstić information content (AvgIpc) is 3.18. The van der Waals surface area contributed by atoms with E-state index in [0.717, 1.165) is 57.8 Å². The zero-order valence-electron chi connectivity index (χ0n) is 37.4. The summed E-state index contributed by atoms with van der Waals surface area (Å²) in [5.41, 5.74) is 0. The molecule has 1 heterocycles. The predicted octanol–water partition coefficient (Wildman–Crippen LogP) is 6.11. The molecule has 6 atom stereocenters. The van der Waals surface area contributed by atoms with Gasteiger partial charge in [0.1, 0.15) is 31.0 Å². The summed E-state index contributed by atoms with van der Waals surface area (Å²) in [5, 5.41) is 30.8. The van der Waals surface area contributed by atoms with Gasteiger partial charge in [-0.3, -0.25) is 9.59 Å². The number of aliphatic hydroxyl groups excluding tert-OH is 3. The first-order valence-corrected chi connectivity index (χ1v) is 24.8. The summed E-state index contributed by atoms with van der Waals surface area (Å²) in [6.45, 7) is 3.73. The molecule has 0 amide bonds. The molecule has 1 aliphatic rings. The topological polar surface area (TPSA) is 189 Å². The normalized spacial score (nSPS) is 20.1. The summed E-state index contributed by atoms with van der Waals surface area (Å²) in [6, 6.07) is 0. The zero-order chi connectivity index (χ0) is 42.7. The Kier molecular flexibility index (Phi) is 39.6. The van der Waals surface area contributed by atoms with Gasteiger partial charge in [-0.2, -0.15) is 0 Å². The molecule has 0 aromatic rings. The van der Waals surface area contributed by atoms with Gasteiger partial charge in [-0.25, -0.2) is 8.42 Å². The van der Waals surface area contributed by atoms with E-state index in [4.69, 9.17) is 18.9 Å². The van der Waals surface area contributed by atoms with Gasteiger partial charge in [-0.05, 0) is 38.5 Å². The largest absolute Gasteiger partial charge is 1.00 e. The van der Waals surface area contributed by atoms with Crippen molar-refractivity contribution < 1.29 is 108 Å². The molecule has 3 N–H and O–H groups in total. The third-order valence-electron chi connectivity index (χ3n) is 10.8. The third kappa shape index (κ3) is 34.2. The second-order valence-electron chi connectivity index (χ2n) is 16.4. The van der Waals surface area contributed by atoms with Crippen LogP contribution in [0.15, 0.2) is 12.2 Å². The molecule has 0 radical (unpaired) electrons. The number of aliphatic hydroxyl groups is 3. The molecule has 342 valence electrons. The number of rotatable bonds is 39. The van der Waals surface area contributed by atoms with Crippen molar-refractivity contribution in [2.24, 2.45) is 0 Å². The van der Waals surface area contributed by atoms with Crippen LogP contribution in [0.2, 0.25) is 0 Å². The van der Waals surface area contributed by atoms with Crippen LogP contribution in [0.25, 0.3) is 0 Å². The van der Waals surface area contributed by atoms with Gasteiger partial charge in [-0.1, -0.05) is 167 Å². The molecule has 1 rings (SSSR count). The maximum Gasteiger partial charge on any atom is 1.00 e. The van der Waals surface area contributed by atoms with E-state index in [1.807, 2.05) is 0 Å². The molecule has 12 nitrogen and oxygen atoms in total. The van der Waals surface area contributed by atoms with Crippen molar-refractivity contribution in [2.75, 3.05) is 19.0 Å². The van der Waals surface area contributed by atoms with E-state index in [9.17, 15) is 37.9 Å². The Morgan fingerprint density at radius 3 is 1.44 bits per heavy atom. The van der Waals surface area contributed by atoms with Crippen molar-refractivity contribution >= 4 is 22.1 Å². The van der Waals surface area contributed by atoms with Crippen LogP contribution in [0.1, 0.15) is 206 Å². The second kappa shape index (κ2) is 39.6. The molecule has 0 aromatic heterocycles. The summed E-state index contributed by atoms with van der Waals surface area (Å²) in [5.74, 6) is -2.11. The van der Waals surface area contributed by atoms with Crippen LogP contribution < -0.4 is 51.4 Å². The van der Waals surface area contributed by atoms with Crippen LogP contribution in [0.5, 0.6) is 0 Å². The van der Waals surface area contributed by atoms with Crippen molar-refractivity contribution in [3.63, 3.8) is 0 Å². The molecule has 0 spiro atoms. The number of hydrogen-bond donors (Lipinski definition) is 3. The van der Waals surface area contributed by atoms with Gasteiger partial charge in [0.05, 0.1) is 22.5 Å².